The van der Waals surface area contributed by atoms with E-state index in [9.17, 15) is 4.21 Å². The van der Waals surface area contributed by atoms with Crippen LogP contribution < -0.4 is 0 Å². The van der Waals surface area contributed by atoms with Crippen LogP contribution in [0.3, 0.4) is 0 Å². The number of hydrogen-bond donors (Lipinski definition) is 1. The second kappa shape index (κ2) is 7.94. The van der Waals surface area contributed by atoms with E-state index in [-0.39, 0.29) is 0 Å². The molecule has 0 aromatic rings. The Labute approximate surface area is 88.0 Å². The Kier molecular flexibility index (Phi) is 8.30. The summed E-state index contributed by atoms with van der Waals surface area (Å²) in [5, 5.41) is 0. The summed E-state index contributed by atoms with van der Waals surface area (Å²) in [6.45, 7) is 2.55. The van der Waals surface area contributed by atoms with E-state index >= 15 is 0 Å². The maximum atomic E-state index is 10.6. The molecule has 0 aliphatic rings. The van der Waals surface area contributed by atoms with Gasteiger partial charge in [0, 0.05) is 0 Å². The molecule has 1 unspecified atom stereocenters. The molecule has 0 radical (unpaired) electrons. The fourth-order valence-corrected chi connectivity index (χ4v) is 1.80. The van der Waals surface area contributed by atoms with Crippen LogP contribution in [0.2, 0.25) is 0 Å². The molecule has 0 aliphatic heterocycles. The predicted molar refractivity (Wildman–Crippen MR) is 55.9 cm³/mol. The minimum atomic E-state index is -3.10. The van der Waals surface area contributed by atoms with Crippen LogP contribution in [0.5, 0.6) is 0 Å². The van der Waals surface area contributed by atoms with Crippen LogP contribution in [0, 0.1) is 0 Å². The summed E-state index contributed by atoms with van der Waals surface area (Å²) >= 11 is 2.09. The Bertz CT molecular complexity index is 201. The van der Waals surface area contributed by atoms with Crippen LogP contribution in [0.15, 0.2) is 0 Å². The quantitative estimate of drug-likeness (QED) is 0.544. The first-order chi connectivity index (χ1) is 6.06. The van der Waals surface area contributed by atoms with Gasteiger partial charge in [0.05, 0.1) is 0 Å². The van der Waals surface area contributed by atoms with Crippen molar-refractivity contribution in [3.8, 4) is 0 Å². The molecule has 13 heavy (non-hydrogen) atoms. The third-order valence-corrected chi connectivity index (χ3v) is 2.80. The molecule has 0 heterocycles. The summed E-state index contributed by atoms with van der Waals surface area (Å²) in [4.78, 5) is 0. The van der Waals surface area contributed by atoms with Crippen molar-refractivity contribution >= 4 is 22.8 Å². The van der Waals surface area contributed by atoms with Gasteiger partial charge in [0.1, 0.15) is 0 Å². The van der Waals surface area contributed by atoms with Gasteiger partial charge in [0.25, 0.3) is 0 Å². The van der Waals surface area contributed by atoms with Crippen molar-refractivity contribution in [1.82, 2.24) is 0 Å². The first kappa shape index (κ1) is 13.6. The van der Waals surface area contributed by atoms with E-state index < -0.39 is 8.42 Å². The van der Waals surface area contributed by atoms with Crippen molar-refractivity contribution in [3.05, 3.63) is 0 Å². The minimum absolute atomic E-state index is 0.370. The molecule has 0 fully saturated rings. The molecule has 80 valence electrons. The Morgan fingerprint density at radius 3 is 2.31 bits per heavy atom. The van der Waals surface area contributed by atoms with Crippen molar-refractivity contribution in [3.63, 3.8) is 0 Å². The third-order valence-electron chi connectivity index (χ3n) is 1.73. The fourth-order valence-electron chi connectivity index (χ4n) is 1.05. The zero-order chi connectivity index (χ0) is 10.2. The average molecular weight is 273 g/mol. The maximum absolute atomic E-state index is 10.6. The second-order valence-corrected chi connectivity index (χ2v) is 6.76. The van der Waals surface area contributed by atoms with E-state index in [1.165, 1.54) is 25.7 Å². The Hall–Kier alpha value is 0.589. The Morgan fingerprint density at radius 2 is 1.77 bits per heavy atom. The molecule has 0 bridgehead atoms. The monoisotopic (exact) mass is 274 g/mol. The molecule has 0 amide bonds. The molecule has 0 aromatic carbocycles. The molecule has 0 spiro atoms. The SMILES string of the molecule is CCCCCCCCOS(=O)(O)=[Se]. The summed E-state index contributed by atoms with van der Waals surface area (Å²) in [6.07, 6.45) is 6.91. The second-order valence-electron chi connectivity index (χ2n) is 3.02. The van der Waals surface area contributed by atoms with E-state index in [2.05, 4.69) is 25.5 Å². The molecule has 0 aliphatic carbocycles. The molecule has 1 N–H and O–H groups in total. The first-order valence-corrected chi connectivity index (χ1v) is 8.14. The predicted octanol–water partition coefficient (Wildman–Crippen LogP) is 2.12. The Morgan fingerprint density at radius 1 is 1.23 bits per heavy atom. The van der Waals surface area contributed by atoms with Crippen LogP contribution in [-0.4, -0.2) is 29.8 Å². The van der Waals surface area contributed by atoms with Gasteiger partial charge >= 0.3 is 87.8 Å². The molecular formula is C8H18O3SSe. The summed E-state index contributed by atoms with van der Waals surface area (Å²) in [6, 6.07) is 0. The van der Waals surface area contributed by atoms with Gasteiger partial charge in [-0.05, 0) is 0 Å². The number of hydrogen-bond acceptors (Lipinski definition) is 2. The Balaban J connectivity index is 3.09. The van der Waals surface area contributed by atoms with Gasteiger partial charge in [-0.3, -0.25) is 0 Å². The van der Waals surface area contributed by atoms with Crippen LogP contribution in [-0.2, 0) is 12.6 Å². The van der Waals surface area contributed by atoms with Gasteiger partial charge in [-0.2, -0.15) is 0 Å². The summed E-state index contributed by atoms with van der Waals surface area (Å²) in [5.41, 5.74) is 0. The van der Waals surface area contributed by atoms with Crippen LogP contribution in [0.25, 0.3) is 0 Å². The van der Waals surface area contributed by atoms with Gasteiger partial charge in [0.15, 0.2) is 0 Å². The standard InChI is InChI=1S/C8H18O3SSe/c1-2-3-4-5-6-7-8-11-12(9,10)13/h2-8H2,1H3,(H,9,10,13). The summed E-state index contributed by atoms with van der Waals surface area (Å²) < 4.78 is 24.0. The molecule has 1 atom stereocenters. The third kappa shape index (κ3) is 12.6. The molecule has 0 rings (SSSR count). The number of unbranched alkanes of at least 4 members (excludes halogenated alkanes) is 5. The zero-order valence-electron chi connectivity index (χ0n) is 8.03. The number of rotatable bonds is 8. The summed E-state index contributed by atoms with van der Waals surface area (Å²) in [7, 11) is -3.10. The topological polar surface area (TPSA) is 46.5 Å². The van der Waals surface area contributed by atoms with Crippen molar-refractivity contribution in [1.29, 1.82) is 0 Å². The first-order valence-electron chi connectivity index (χ1n) is 4.68. The van der Waals surface area contributed by atoms with E-state index in [0.29, 0.717) is 6.61 Å². The van der Waals surface area contributed by atoms with Crippen molar-refractivity contribution in [2.24, 2.45) is 0 Å². The van der Waals surface area contributed by atoms with E-state index in [4.69, 9.17) is 4.55 Å². The molecule has 0 saturated carbocycles. The van der Waals surface area contributed by atoms with Crippen molar-refractivity contribution in [2.45, 2.75) is 45.4 Å². The van der Waals surface area contributed by atoms with Gasteiger partial charge in [-0.25, -0.2) is 0 Å². The molecule has 3 nitrogen and oxygen atoms in total. The van der Waals surface area contributed by atoms with Crippen LogP contribution in [0.4, 0.5) is 0 Å². The van der Waals surface area contributed by atoms with Crippen LogP contribution in [0.1, 0.15) is 45.4 Å². The van der Waals surface area contributed by atoms with Gasteiger partial charge in [-0.15, -0.1) is 0 Å². The van der Waals surface area contributed by atoms with Crippen molar-refractivity contribution < 1.29 is 12.9 Å². The van der Waals surface area contributed by atoms with Gasteiger partial charge in [0.2, 0.25) is 0 Å². The van der Waals surface area contributed by atoms with E-state index in [0.717, 1.165) is 12.8 Å². The normalized spacial score (nSPS) is 15.5. The van der Waals surface area contributed by atoms with E-state index in [1.807, 2.05) is 0 Å². The fraction of sp³-hybridized carbons (Fsp3) is 1.00. The van der Waals surface area contributed by atoms with E-state index in [1.54, 1.807) is 0 Å². The van der Waals surface area contributed by atoms with Gasteiger partial charge < -0.3 is 0 Å². The van der Waals surface area contributed by atoms with Crippen molar-refractivity contribution in [2.75, 3.05) is 6.61 Å². The average Bonchev–Trinajstić information content (AvgIpc) is 2.01. The molecule has 0 aromatic heterocycles. The molecular weight excluding hydrogens is 255 g/mol. The zero-order valence-corrected chi connectivity index (χ0v) is 10.6. The summed E-state index contributed by atoms with van der Waals surface area (Å²) in [5.74, 6) is 0. The van der Waals surface area contributed by atoms with Crippen LogP contribution >= 0.6 is 0 Å². The molecule has 5 heteroatoms. The molecule has 0 saturated heterocycles. The van der Waals surface area contributed by atoms with Gasteiger partial charge in [-0.1, -0.05) is 0 Å².